The molecule has 0 bridgehead atoms. The molecule has 1 aliphatic rings. The predicted molar refractivity (Wildman–Crippen MR) is 73.6 cm³/mol. The molecular weight excluding hydrogens is 228 g/mol. The van der Waals surface area contributed by atoms with Gasteiger partial charge in [0, 0.05) is 6.04 Å². The molecule has 4 heteroatoms. The standard InChI is InChI=1S/C14H28N2O2/c1-5-16(6-2)12-9-8-10-14(11-12,15-4)13(17)18-7-3/h12,15H,5-11H2,1-4H3. The van der Waals surface area contributed by atoms with Gasteiger partial charge in [-0.25, -0.2) is 0 Å². The number of nitrogens with one attached hydrogen (secondary N) is 1. The van der Waals surface area contributed by atoms with Crippen molar-refractivity contribution in [1.29, 1.82) is 0 Å². The summed E-state index contributed by atoms with van der Waals surface area (Å²) in [5.41, 5.74) is -0.471. The second-order valence-electron chi connectivity index (χ2n) is 5.02. The molecule has 4 nitrogen and oxygen atoms in total. The maximum atomic E-state index is 12.2. The minimum absolute atomic E-state index is 0.0793. The van der Waals surface area contributed by atoms with Crippen LogP contribution in [-0.2, 0) is 9.53 Å². The van der Waals surface area contributed by atoms with Gasteiger partial charge in [0.25, 0.3) is 0 Å². The highest BCUT2D eigenvalue weighted by Gasteiger charge is 2.43. The third-order valence-corrected chi connectivity index (χ3v) is 4.20. The maximum Gasteiger partial charge on any atom is 0.326 e. The highest BCUT2D eigenvalue weighted by Crippen LogP contribution is 2.32. The van der Waals surface area contributed by atoms with E-state index in [0.29, 0.717) is 12.6 Å². The number of hydrogen-bond donors (Lipinski definition) is 1. The summed E-state index contributed by atoms with van der Waals surface area (Å²) in [6.07, 6.45) is 4.02. The average molecular weight is 256 g/mol. The van der Waals surface area contributed by atoms with Gasteiger partial charge in [0.05, 0.1) is 6.61 Å². The Morgan fingerprint density at radius 2 is 2.06 bits per heavy atom. The molecule has 106 valence electrons. The predicted octanol–water partition coefficient (Wildman–Crippen LogP) is 1.79. The number of ether oxygens (including phenoxy) is 1. The molecule has 2 unspecified atom stereocenters. The van der Waals surface area contributed by atoms with Crippen molar-refractivity contribution in [3.8, 4) is 0 Å². The fourth-order valence-electron chi connectivity index (χ4n) is 3.08. The van der Waals surface area contributed by atoms with E-state index in [0.717, 1.165) is 32.4 Å². The van der Waals surface area contributed by atoms with Crippen LogP contribution in [0.1, 0.15) is 46.5 Å². The average Bonchev–Trinajstić information content (AvgIpc) is 2.40. The Labute approximate surface area is 111 Å². The van der Waals surface area contributed by atoms with Gasteiger partial charge in [-0.15, -0.1) is 0 Å². The number of carbonyl (C=O) groups is 1. The molecule has 1 aliphatic carbocycles. The van der Waals surface area contributed by atoms with E-state index < -0.39 is 5.54 Å². The second-order valence-corrected chi connectivity index (χ2v) is 5.02. The van der Waals surface area contributed by atoms with Crippen LogP contribution in [0, 0.1) is 0 Å². The number of rotatable bonds is 6. The number of nitrogens with zero attached hydrogens (tertiary/aromatic N) is 1. The van der Waals surface area contributed by atoms with Crippen molar-refractivity contribution in [2.75, 3.05) is 26.7 Å². The highest BCUT2D eigenvalue weighted by molar-refractivity contribution is 5.81. The number of likely N-dealkylation sites (N-methyl/N-ethyl adjacent to an activating group) is 1. The van der Waals surface area contributed by atoms with Crippen LogP contribution >= 0.6 is 0 Å². The molecule has 2 atom stereocenters. The molecule has 1 fully saturated rings. The van der Waals surface area contributed by atoms with E-state index in [4.69, 9.17) is 4.74 Å². The van der Waals surface area contributed by atoms with Crippen LogP contribution in [0.25, 0.3) is 0 Å². The Bertz CT molecular complexity index is 267. The van der Waals surface area contributed by atoms with Crippen molar-refractivity contribution in [2.45, 2.75) is 58.0 Å². The van der Waals surface area contributed by atoms with Crippen molar-refractivity contribution >= 4 is 5.97 Å². The summed E-state index contributed by atoms with van der Waals surface area (Å²) in [6.45, 7) is 8.78. The van der Waals surface area contributed by atoms with Gasteiger partial charge in [0.2, 0.25) is 0 Å². The zero-order valence-electron chi connectivity index (χ0n) is 12.3. The molecule has 0 radical (unpaired) electrons. The molecular formula is C14H28N2O2. The van der Waals surface area contributed by atoms with E-state index in [1.54, 1.807) is 0 Å². The first kappa shape index (κ1) is 15.4. The summed E-state index contributed by atoms with van der Waals surface area (Å²) in [4.78, 5) is 14.6. The quantitative estimate of drug-likeness (QED) is 0.736. The zero-order valence-corrected chi connectivity index (χ0v) is 12.3. The van der Waals surface area contributed by atoms with Gasteiger partial charge in [-0.2, -0.15) is 0 Å². The molecule has 0 aromatic heterocycles. The first-order valence-corrected chi connectivity index (χ1v) is 7.23. The fraction of sp³-hybridized carbons (Fsp3) is 0.929. The largest absolute Gasteiger partial charge is 0.465 e. The Morgan fingerprint density at radius 1 is 1.39 bits per heavy atom. The summed E-state index contributed by atoms with van der Waals surface area (Å²) >= 11 is 0. The van der Waals surface area contributed by atoms with Crippen molar-refractivity contribution in [1.82, 2.24) is 10.2 Å². The van der Waals surface area contributed by atoms with E-state index in [2.05, 4.69) is 24.1 Å². The van der Waals surface area contributed by atoms with E-state index in [9.17, 15) is 4.79 Å². The van der Waals surface area contributed by atoms with Gasteiger partial charge in [-0.1, -0.05) is 13.8 Å². The first-order valence-electron chi connectivity index (χ1n) is 7.23. The van der Waals surface area contributed by atoms with Gasteiger partial charge in [0.1, 0.15) is 5.54 Å². The normalized spacial score (nSPS) is 28.4. The number of hydrogen-bond acceptors (Lipinski definition) is 4. The van der Waals surface area contributed by atoms with Crippen LogP contribution in [0.15, 0.2) is 0 Å². The van der Waals surface area contributed by atoms with Crippen molar-refractivity contribution < 1.29 is 9.53 Å². The van der Waals surface area contributed by atoms with Gasteiger partial charge < -0.3 is 15.0 Å². The highest BCUT2D eigenvalue weighted by atomic mass is 16.5. The molecule has 18 heavy (non-hydrogen) atoms. The summed E-state index contributed by atoms with van der Waals surface area (Å²) in [6, 6.07) is 0.491. The SMILES string of the molecule is CCOC(=O)C1(NC)CCCC(N(CC)CC)C1. The molecule has 0 heterocycles. The molecule has 1 saturated carbocycles. The van der Waals surface area contributed by atoms with Crippen LogP contribution in [0.4, 0.5) is 0 Å². The minimum Gasteiger partial charge on any atom is -0.465 e. The van der Waals surface area contributed by atoms with Crippen LogP contribution < -0.4 is 5.32 Å². The van der Waals surface area contributed by atoms with Crippen LogP contribution in [-0.4, -0.2) is 49.2 Å². The Morgan fingerprint density at radius 3 is 2.56 bits per heavy atom. The van der Waals surface area contributed by atoms with Gasteiger partial charge in [0.15, 0.2) is 0 Å². The van der Waals surface area contributed by atoms with Crippen molar-refractivity contribution in [3.63, 3.8) is 0 Å². The summed E-state index contributed by atoms with van der Waals surface area (Å²) in [7, 11) is 1.88. The molecule has 0 aromatic carbocycles. The Kier molecular flexibility index (Phi) is 6.09. The number of esters is 1. The lowest BCUT2D eigenvalue weighted by molar-refractivity contribution is -0.153. The maximum absolute atomic E-state index is 12.2. The van der Waals surface area contributed by atoms with Gasteiger partial charge >= 0.3 is 5.97 Å². The number of carbonyl (C=O) groups excluding carboxylic acids is 1. The summed E-state index contributed by atoms with van der Waals surface area (Å²) in [5.74, 6) is -0.0793. The first-order chi connectivity index (χ1) is 8.63. The molecule has 0 amide bonds. The lowest BCUT2D eigenvalue weighted by Gasteiger charge is -2.42. The Hall–Kier alpha value is -0.610. The molecule has 0 saturated heterocycles. The lowest BCUT2D eigenvalue weighted by atomic mass is 9.78. The fourth-order valence-corrected chi connectivity index (χ4v) is 3.08. The van der Waals surface area contributed by atoms with Gasteiger partial charge in [-0.05, 0) is 52.7 Å². The minimum atomic E-state index is -0.471. The molecule has 0 aliphatic heterocycles. The van der Waals surface area contributed by atoms with E-state index in [-0.39, 0.29) is 5.97 Å². The van der Waals surface area contributed by atoms with Crippen LogP contribution in [0.5, 0.6) is 0 Å². The monoisotopic (exact) mass is 256 g/mol. The molecule has 1 N–H and O–H groups in total. The summed E-state index contributed by atoms with van der Waals surface area (Å²) in [5, 5.41) is 3.23. The topological polar surface area (TPSA) is 41.6 Å². The zero-order chi connectivity index (χ0) is 13.6. The second kappa shape index (κ2) is 7.10. The smallest absolute Gasteiger partial charge is 0.326 e. The lowest BCUT2D eigenvalue weighted by Crippen LogP contribution is -2.57. The van der Waals surface area contributed by atoms with Crippen molar-refractivity contribution in [3.05, 3.63) is 0 Å². The third-order valence-electron chi connectivity index (χ3n) is 4.20. The van der Waals surface area contributed by atoms with E-state index >= 15 is 0 Å². The molecule has 0 aromatic rings. The molecule has 1 rings (SSSR count). The van der Waals surface area contributed by atoms with Crippen LogP contribution in [0.2, 0.25) is 0 Å². The third kappa shape index (κ3) is 3.23. The van der Waals surface area contributed by atoms with Gasteiger partial charge in [-0.3, -0.25) is 4.79 Å². The Balaban J connectivity index is 2.77. The molecule has 0 spiro atoms. The van der Waals surface area contributed by atoms with Crippen LogP contribution in [0.3, 0.4) is 0 Å². The summed E-state index contributed by atoms with van der Waals surface area (Å²) < 4.78 is 5.25. The van der Waals surface area contributed by atoms with E-state index in [1.165, 1.54) is 6.42 Å². The van der Waals surface area contributed by atoms with E-state index in [1.807, 2.05) is 14.0 Å². The van der Waals surface area contributed by atoms with Crippen molar-refractivity contribution in [2.24, 2.45) is 0 Å².